The maximum atomic E-state index is 13.5. The minimum Gasteiger partial charge on any atom is -0.453 e. The van der Waals surface area contributed by atoms with E-state index in [4.69, 9.17) is 9.87 Å². The van der Waals surface area contributed by atoms with Crippen LogP contribution in [0.1, 0.15) is 81.3 Å². The third-order valence-corrected chi connectivity index (χ3v) is 9.80. The number of aliphatic hydroxyl groups is 1. The summed E-state index contributed by atoms with van der Waals surface area (Å²) in [4.78, 5) is 72.1. The second-order valence-electron chi connectivity index (χ2n) is 13.8. The van der Waals surface area contributed by atoms with Crippen LogP contribution in [-0.2, 0) is 24.1 Å². The Morgan fingerprint density at radius 1 is 0.881 bits per heavy atom. The lowest BCUT2D eigenvalue weighted by molar-refractivity contribution is -0.188. The number of amides is 3. The highest BCUT2D eigenvalue weighted by molar-refractivity contribution is 7.60. The number of likely N-dealkylation sites (tertiary alicyclic amines) is 2. The van der Waals surface area contributed by atoms with Gasteiger partial charge in [-0.2, -0.15) is 72.4 Å². The predicted octanol–water partition coefficient (Wildman–Crippen LogP) is 4.98. The number of alkyl carbamates (subject to hydrolysis) is 1. The van der Waals surface area contributed by atoms with E-state index < -0.39 is 30.2 Å². The van der Waals surface area contributed by atoms with E-state index in [1.807, 2.05) is 61.2 Å². The molecule has 15 nitrogen and oxygen atoms in total. The third kappa shape index (κ3) is 12.5. The van der Waals surface area contributed by atoms with Crippen LogP contribution in [0.4, 0.5) is 4.79 Å². The molecule has 20 heteroatoms. The number of hydrogen-bond acceptors (Lipinski definition) is 10. The monoisotopic (exact) mass is 908 g/mol. The topological polar surface area (TPSA) is 187 Å². The van der Waals surface area contributed by atoms with E-state index in [0.717, 1.165) is 58.5 Å². The first kappa shape index (κ1) is 53.0. The first-order valence-corrected chi connectivity index (χ1v) is 18.1. The van der Waals surface area contributed by atoms with E-state index in [1.54, 1.807) is 11.1 Å². The van der Waals surface area contributed by atoms with Gasteiger partial charge in [-0.1, -0.05) is 37.8 Å². The van der Waals surface area contributed by atoms with E-state index in [9.17, 15) is 19.5 Å². The van der Waals surface area contributed by atoms with Gasteiger partial charge in [0.05, 0.1) is 55.3 Å². The fourth-order valence-corrected chi connectivity index (χ4v) is 7.00. The normalized spacial score (nSPS) is 17.2. The highest BCUT2D eigenvalue weighted by Crippen LogP contribution is 2.34. The molecule has 5 atom stereocenters. The van der Waals surface area contributed by atoms with Gasteiger partial charge in [-0.15, -0.1) is 0 Å². The van der Waals surface area contributed by atoms with Crippen LogP contribution in [0.25, 0.3) is 22.3 Å². The highest BCUT2D eigenvalue weighted by atomic mass is 32.1. The number of ether oxygens (including phenoxy) is 1. The van der Waals surface area contributed by atoms with Crippen molar-refractivity contribution in [1.29, 1.82) is 0 Å². The predicted molar refractivity (Wildman–Crippen MR) is 252 cm³/mol. The molecule has 2 aromatic carbocycles. The van der Waals surface area contributed by atoms with Gasteiger partial charge < -0.3 is 39.8 Å². The Kier molecular flexibility index (Phi) is 21.9. The number of benzene rings is 2. The van der Waals surface area contributed by atoms with Crippen molar-refractivity contribution in [1.82, 2.24) is 35.1 Å². The lowest BCUT2D eigenvalue weighted by Crippen LogP contribution is -2.53. The van der Waals surface area contributed by atoms with Crippen LogP contribution in [0.15, 0.2) is 53.7 Å². The average Bonchev–Trinajstić information content (AvgIpc) is 4.00. The second-order valence-corrected chi connectivity index (χ2v) is 13.8. The van der Waals surface area contributed by atoms with Crippen LogP contribution in [0.3, 0.4) is 0 Å². The number of carbonyl (C=O) groups excluding carboxylic acids is 3. The summed E-state index contributed by atoms with van der Waals surface area (Å²) in [5.41, 5.74) is 4.96. The second kappa shape index (κ2) is 24.3. The lowest BCUT2D eigenvalue weighted by Gasteiger charge is -2.29. The van der Waals surface area contributed by atoms with Crippen LogP contribution in [0, 0.1) is 17.8 Å². The van der Waals surface area contributed by atoms with E-state index in [2.05, 4.69) is 46.7 Å². The molecule has 4 heterocycles. The summed E-state index contributed by atoms with van der Waals surface area (Å²) in [6.07, 6.45) is 4.20. The van der Waals surface area contributed by atoms with Gasteiger partial charge in [0.15, 0.2) is 0 Å². The number of methoxy groups -OCH3 is 1. The number of H-pyrrole nitrogens is 2. The van der Waals surface area contributed by atoms with Crippen molar-refractivity contribution in [3.8, 4) is 23.1 Å². The molecule has 0 aliphatic carbocycles. The quantitative estimate of drug-likeness (QED) is 0.0530. The van der Waals surface area contributed by atoms with Gasteiger partial charge in [-0.3, -0.25) is 9.59 Å². The summed E-state index contributed by atoms with van der Waals surface area (Å²) in [5.74, 6) is 7.36. The standard InChI is InChI=1S/C39H46N8O7.5H2S/c1-23(2)33(41-22-54-53-5)37(49)46-18-6-8-31(46)35-40-21-30(44-35)27-15-12-25(13-16-27)10-11-26-14-17-28-29(20-26)43-36(42-28)32-9-7-19-47(32)38(50)34(24(3)48)45-39(51)52-4;;;;;/h12-17,20-24,31-34,48H,6-9,18-19H2,1-5H3,(H,40,44)(H,42,43)(H,45,51);5*1H2/t24-,31-,32-,33-,34-;;;;;/m0...../s1. The number of nitrogens with one attached hydrogen (secondary N) is 3. The van der Waals surface area contributed by atoms with E-state index in [0.29, 0.717) is 25.3 Å². The van der Waals surface area contributed by atoms with Crippen LogP contribution in [0.2, 0.25) is 0 Å². The summed E-state index contributed by atoms with van der Waals surface area (Å²) >= 11 is 0. The number of rotatable bonds is 11. The molecule has 4 N–H and O–H groups in total. The number of aromatic amines is 2. The molecule has 2 fully saturated rings. The summed E-state index contributed by atoms with van der Waals surface area (Å²) in [6, 6.07) is 11.4. The molecule has 0 spiro atoms. The number of nitrogens with zero attached hydrogens (tertiary/aromatic N) is 5. The molecule has 0 bridgehead atoms. The first-order valence-electron chi connectivity index (χ1n) is 18.1. The highest BCUT2D eigenvalue weighted by Gasteiger charge is 2.39. The third-order valence-electron chi connectivity index (χ3n) is 9.80. The van der Waals surface area contributed by atoms with Crippen molar-refractivity contribution >= 4 is 103 Å². The zero-order valence-electron chi connectivity index (χ0n) is 33.5. The first-order chi connectivity index (χ1) is 26.1. The molecule has 2 aliphatic heterocycles. The lowest BCUT2D eigenvalue weighted by atomic mass is 10.0. The van der Waals surface area contributed by atoms with Crippen LogP contribution >= 0.6 is 67.5 Å². The minimum atomic E-state index is -1.14. The molecule has 0 unspecified atom stereocenters. The molecule has 0 saturated carbocycles. The number of hydrogen-bond donors (Lipinski definition) is 4. The number of imidazole rings is 2. The Morgan fingerprint density at radius 2 is 1.49 bits per heavy atom. The van der Waals surface area contributed by atoms with Crippen molar-refractivity contribution in [3.63, 3.8) is 0 Å². The van der Waals surface area contributed by atoms with Crippen molar-refractivity contribution in [2.75, 3.05) is 27.3 Å². The van der Waals surface area contributed by atoms with Gasteiger partial charge in [0, 0.05) is 24.2 Å². The molecule has 3 amide bonds. The van der Waals surface area contributed by atoms with Crippen LogP contribution in [0.5, 0.6) is 0 Å². The van der Waals surface area contributed by atoms with E-state index in [-0.39, 0.29) is 91.4 Å². The number of carbonyl (C=O) groups is 3. The zero-order valence-corrected chi connectivity index (χ0v) is 38.5. The zero-order chi connectivity index (χ0) is 38.4. The Morgan fingerprint density at radius 3 is 2.10 bits per heavy atom. The Bertz CT molecular complexity index is 2070. The van der Waals surface area contributed by atoms with Crippen molar-refractivity contribution < 1.29 is 34.0 Å². The SMILES string of the molecule is COOC=N[C@H](C(=O)N1CCC[C@H]1c1ncc(-c2ccc(C#Cc3ccc4nc([C@@H]5CCCN5C(=O)[C@@H](NC(=O)OC)[C@H](C)O)[nH]c4c3)cc2)[nH]1)C(C)C.S.S.S.S.S. The average molecular weight is 909 g/mol. The summed E-state index contributed by atoms with van der Waals surface area (Å²) in [5, 5.41) is 12.7. The molecule has 2 aliphatic rings. The molecular weight excluding hydrogens is 853 g/mol. The van der Waals surface area contributed by atoms with Crippen molar-refractivity contribution in [3.05, 3.63) is 71.4 Å². The fourth-order valence-electron chi connectivity index (χ4n) is 7.00. The Labute approximate surface area is 379 Å². The number of aliphatic hydroxyl groups excluding tert-OH is 1. The van der Waals surface area contributed by atoms with Crippen LogP contribution < -0.4 is 5.32 Å². The maximum absolute atomic E-state index is 13.5. The number of fused-ring (bicyclic) bond motifs is 1. The summed E-state index contributed by atoms with van der Waals surface area (Å²) in [7, 11) is 2.59. The molecule has 324 valence electrons. The van der Waals surface area contributed by atoms with Crippen LogP contribution in [-0.4, -0.2) is 105 Å². The van der Waals surface area contributed by atoms with Gasteiger partial charge in [-0.05, 0) is 74.4 Å². The summed E-state index contributed by atoms with van der Waals surface area (Å²) in [6.45, 7) is 6.47. The Balaban J connectivity index is 0.00000348. The van der Waals surface area contributed by atoms with Crippen molar-refractivity contribution in [2.24, 2.45) is 10.9 Å². The van der Waals surface area contributed by atoms with Gasteiger partial charge in [0.2, 0.25) is 18.2 Å². The molecular formula is C39H56N8O7S5. The number of aliphatic imine (C=N–C) groups is 1. The molecule has 0 radical (unpaired) electrons. The Hall–Kier alpha value is -3.97. The molecule has 2 saturated heterocycles. The molecule has 2 aromatic heterocycles. The number of aromatic nitrogens is 4. The largest absolute Gasteiger partial charge is 0.453 e. The maximum Gasteiger partial charge on any atom is 0.407 e. The summed E-state index contributed by atoms with van der Waals surface area (Å²) < 4.78 is 4.64. The van der Waals surface area contributed by atoms with Gasteiger partial charge >= 0.3 is 6.09 Å². The molecule has 4 aromatic rings. The minimum absolute atomic E-state index is 0. The molecule has 59 heavy (non-hydrogen) atoms. The van der Waals surface area contributed by atoms with E-state index in [1.165, 1.54) is 27.5 Å². The van der Waals surface area contributed by atoms with Gasteiger partial charge in [-0.25, -0.2) is 19.8 Å². The van der Waals surface area contributed by atoms with E-state index >= 15 is 0 Å². The van der Waals surface area contributed by atoms with Gasteiger partial charge in [0.25, 0.3) is 0 Å². The fraction of sp³-hybridized carbons (Fsp3) is 0.436. The van der Waals surface area contributed by atoms with Crippen molar-refractivity contribution in [2.45, 2.75) is 76.7 Å². The van der Waals surface area contributed by atoms with Gasteiger partial charge in [0.1, 0.15) is 23.7 Å². The molecule has 6 rings (SSSR count). The smallest absolute Gasteiger partial charge is 0.407 e.